The van der Waals surface area contributed by atoms with Crippen LogP contribution in [0.3, 0.4) is 0 Å². The Morgan fingerprint density at radius 1 is 1.16 bits per heavy atom. The highest BCUT2D eigenvalue weighted by Gasteiger charge is 2.30. The van der Waals surface area contributed by atoms with Crippen LogP contribution in [0.5, 0.6) is 0 Å². The molecular formula is C13H12F3NOS. The molecule has 2 aromatic rings. The van der Waals surface area contributed by atoms with E-state index in [9.17, 15) is 18.3 Å². The normalized spacial score (nSPS) is 13.6. The summed E-state index contributed by atoms with van der Waals surface area (Å²) in [6.45, 7) is 3.59. The van der Waals surface area contributed by atoms with Crippen molar-refractivity contribution >= 4 is 11.3 Å². The molecule has 0 fully saturated rings. The summed E-state index contributed by atoms with van der Waals surface area (Å²) in [6, 6.07) is 4.54. The highest BCUT2D eigenvalue weighted by Crippen LogP contribution is 2.33. The number of hydrogen-bond donors (Lipinski definition) is 1. The van der Waals surface area contributed by atoms with Gasteiger partial charge in [0.1, 0.15) is 6.10 Å². The molecule has 0 saturated carbocycles. The number of nitrogens with zero attached hydrogens (tertiary/aromatic N) is 1. The van der Waals surface area contributed by atoms with Crippen LogP contribution < -0.4 is 0 Å². The fourth-order valence-corrected chi connectivity index (χ4v) is 2.75. The number of aliphatic hydroxyl groups excluding tert-OH is 1. The molecule has 0 saturated heterocycles. The zero-order chi connectivity index (χ0) is 14.2. The molecule has 1 aromatic heterocycles. The van der Waals surface area contributed by atoms with Gasteiger partial charge in [0.25, 0.3) is 0 Å². The monoisotopic (exact) mass is 287 g/mol. The molecule has 0 aliphatic heterocycles. The Hall–Kier alpha value is -1.40. The van der Waals surface area contributed by atoms with Gasteiger partial charge in [-0.2, -0.15) is 13.2 Å². The quantitative estimate of drug-likeness (QED) is 0.909. The number of benzene rings is 1. The molecule has 0 aliphatic carbocycles. The number of hydrogen-bond acceptors (Lipinski definition) is 3. The first-order valence-electron chi connectivity index (χ1n) is 5.58. The number of rotatable bonds is 2. The van der Waals surface area contributed by atoms with Gasteiger partial charge in [0.15, 0.2) is 0 Å². The molecule has 6 heteroatoms. The lowest BCUT2D eigenvalue weighted by atomic mass is 10.0. The minimum absolute atomic E-state index is 0.430. The maximum absolute atomic E-state index is 12.4. The van der Waals surface area contributed by atoms with Crippen LogP contribution in [-0.2, 0) is 6.18 Å². The van der Waals surface area contributed by atoms with E-state index in [-0.39, 0.29) is 0 Å². The van der Waals surface area contributed by atoms with Gasteiger partial charge in [-0.05, 0) is 31.5 Å². The third kappa shape index (κ3) is 2.96. The maximum Gasteiger partial charge on any atom is 0.416 e. The number of aromatic nitrogens is 1. The van der Waals surface area contributed by atoms with E-state index in [0.717, 1.165) is 17.1 Å². The van der Waals surface area contributed by atoms with Crippen molar-refractivity contribution in [2.75, 3.05) is 0 Å². The third-order valence-electron chi connectivity index (χ3n) is 2.74. The van der Waals surface area contributed by atoms with E-state index < -0.39 is 17.8 Å². The molecule has 0 amide bonds. The zero-order valence-electron chi connectivity index (χ0n) is 10.3. The highest BCUT2D eigenvalue weighted by atomic mass is 32.1. The van der Waals surface area contributed by atoms with Crippen LogP contribution in [0.1, 0.15) is 32.8 Å². The lowest BCUT2D eigenvalue weighted by Crippen LogP contribution is -2.06. The standard InChI is InChI=1S/C13H12F3NOS/c1-7-12(19-8(2)17-7)11(18)9-3-5-10(6-4-9)13(14,15)16/h3-6,11,18H,1-2H3. The summed E-state index contributed by atoms with van der Waals surface area (Å²) in [7, 11) is 0. The van der Waals surface area contributed by atoms with E-state index >= 15 is 0 Å². The number of aryl methyl sites for hydroxylation is 2. The van der Waals surface area contributed by atoms with E-state index in [1.165, 1.54) is 23.5 Å². The van der Waals surface area contributed by atoms with Crippen molar-refractivity contribution in [3.8, 4) is 0 Å². The summed E-state index contributed by atoms with van der Waals surface area (Å²) < 4.78 is 37.3. The number of halogens is 3. The van der Waals surface area contributed by atoms with E-state index in [0.29, 0.717) is 16.1 Å². The van der Waals surface area contributed by atoms with Crippen LogP contribution in [0.4, 0.5) is 13.2 Å². The Labute approximate surface area is 112 Å². The SMILES string of the molecule is Cc1nc(C)c(C(O)c2ccc(C(F)(F)F)cc2)s1. The van der Waals surface area contributed by atoms with Crippen molar-refractivity contribution in [1.82, 2.24) is 4.98 Å². The lowest BCUT2D eigenvalue weighted by Gasteiger charge is -2.12. The Morgan fingerprint density at radius 2 is 1.74 bits per heavy atom. The fraction of sp³-hybridized carbons (Fsp3) is 0.308. The number of aliphatic hydroxyl groups is 1. The summed E-state index contributed by atoms with van der Waals surface area (Å²) in [6.07, 6.45) is -5.30. The number of alkyl halides is 3. The first kappa shape index (κ1) is 14.0. The largest absolute Gasteiger partial charge is 0.416 e. The third-order valence-corrected chi connectivity index (χ3v) is 3.87. The minimum atomic E-state index is -4.36. The predicted molar refractivity (Wildman–Crippen MR) is 67.1 cm³/mol. The maximum atomic E-state index is 12.4. The highest BCUT2D eigenvalue weighted by molar-refractivity contribution is 7.11. The average molecular weight is 287 g/mol. The van der Waals surface area contributed by atoms with Gasteiger partial charge in [-0.1, -0.05) is 12.1 Å². The molecule has 2 rings (SSSR count). The summed E-state index contributed by atoms with van der Waals surface area (Å²) in [5, 5.41) is 11.0. The molecule has 0 bridgehead atoms. The van der Waals surface area contributed by atoms with Gasteiger partial charge < -0.3 is 5.11 Å². The summed E-state index contributed by atoms with van der Waals surface area (Å²) in [4.78, 5) is 4.86. The molecule has 0 radical (unpaired) electrons. The summed E-state index contributed by atoms with van der Waals surface area (Å²) in [5.41, 5.74) is 0.412. The molecule has 1 atom stereocenters. The van der Waals surface area contributed by atoms with E-state index in [1.54, 1.807) is 6.92 Å². The Bertz CT molecular complexity index is 575. The molecule has 1 aromatic carbocycles. The lowest BCUT2D eigenvalue weighted by molar-refractivity contribution is -0.137. The molecule has 1 N–H and O–H groups in total. The molecule has 102 valence electrons. The van der Waals surface area contributed by atoms with Crippen LogP contribution in [0, 0.1) is 13.8 Å². The van der Waals surface area contributed by atoms with Crippen LogP contribution in [-0.4, -0.2) is 10.1 Å². The molecule has 2 nitrogen and oxygen atoms in total. The van der Waals surface area contributed by atoms with Crippen molar-refractivity contribution in [3.05, 3.63) is 51.0 Å². The van der Waals surface area contributed by atoms with Crippen molar-refractivity contribution in [2.45, 2.75) is 26.1 Å². The first-order chi connectivity index (χ1) is 8.79. The Morgan fingerprint density at radius 3 is 2.16 bits per heavy atom. The Balaban J connectivity index is 2.30. The van der Waals surface area contributed by atoms with Crippen LogP contribution in [0.2, 0.25) is 0 Å². The summed E-state index contributed by atoms with van der Waals surface area (Å²) in [5.74, 6) is 0. The molecular weight excluding hydrogens is 275 g/mol. The minimum Gasteiger partial charge on any atom is -0.383 e. The first-order valence-corrected chi connectivity index (χ1v) is 6.40. The van der Waals surface area contributed by atoms with E-state index in [2.05, 4.69) is 4.98 Å². The van der Waals surface area contributed by atoms with Crippen molar-refractivity contribution in [1.29, 1.82) is 0 Å². The van der Waals surface area contributed by atoms with Gasteiger partial charge in [-0.3, -0.25) is 0 Å². The predicted octanol–water partition coefficient (Wildman–Crippen LogP) is 3.86. The second-order valence-electron chi connectivity index (χ2n) is 4.20. The van der Waals surface area contributed by atoms with Gasteiger partial charge in [0.05, 0.1) is 21.1 Å². The van der Waals surface area contributed by atoms with Gasteiger partial charge in [-0.25, -0.2) is 4.98 Å². The zero-order valence-corrected chi connectivity index (χ0v) is 11.1. The molecule has 0 aliphatic rings. The van der Waals surface area contributed by atoms with Gasteiger partial charge in [0, 0.05) is 0 Å². The van der Waals surface area contributed by atoms with E-state index in [1.807, 2.05) is 6.92 Å². The molecule has 19 heavy (non-hydrogen) atoms. The van der Waals surface area contributed by atoms with Crippen LogP contribution in [0.15, 0.2) is 24.3 Å². The molecule has 1 unspecified atom stereocenters. The second-order valence-corrected chi connectivity index (χ2v) is 5.44. The second kappa shape index (κ2) is 4.94. The molecule has 1 heterocycles. The smallest absolute Gasteiger partial charge is 0.383 e. The molecule has 0 spiro atoms. The van der Waals surface area contributed by atoms with Crippen molar-refractivity contribution in [3.63, 3.8) is 0 Å². The van der Waals surface area contributed by atoms with Crippen molar-refractivity contribution < 1.29 is 18.3 Å². The van der Waals surface area contributed by atoms with E-state index in [4.69, 9.17) is 0 Å². The van der Waals surface area contributed by atoms with Crippen LogP contribution >= 0.6 is 11.3 Å². The van der Waals surface area contributed by atoms with Crippen molar-refractivity contribution in [2.24, 2.45) is 0 Å². The Kier molecular flexibility index (Phi) is 3.64. The van der Waals surface area contributed by atoms with Gasteiger partial charge >= 0.3 is 6.18 Å². The number of thiazole rings is 1. The van der Waals surface area contributed by atoms with Crippen LogP contribution in [0.25, 0.3) is 0 Å². The topological polar surface area (TPSA) is 33.1 Å². The van der Waals surface area contributed by atoms with Gasteiger partial charge in [-0.15, -0.1) is 11.3 Å². The fourth-order valence-electron chi connectivity index (χ4n) is 1.81. The van der Waals surface area contributed by atoms with Gasteiger partial charge in [0.2, 0.25) is 0 Å². The summed E-state index contributed by atoms with van der Waals surface area (Å²) >= 11 is 1.34. The average Bonchev–Trinajstić information content (AvgIpc) is 2.66.